The van der Waals surface area contributed by atoms with Crippen LogP contribution < -0.4 is 0 Å². The quantitative estimate of drug-likeness (QED) is 0.762. The summed E-state index contributed by atoms with van der Waals surface area (Å²) in [4.78, 5) is 15.1. The molecule has 3 unspecified atom stereocenters. The smallest absolute Gasteiger partial charge is 0.226 e. The lowest BCUT2D eigenvalue weighted by molar-refractivity contribution is -0.195. The van der Waals surface area contributed by atoms with Crippen molar-refractivity contribution in [2.24, 2.45) is 11.8 Å². The number of nitrogens with zero attached hydrogens (tertiary/aromatic N) is 1. The third-order valence-electron chi connectivity index (χ3n) is 6.16. The summed E-state index contributed by atoms with van der Waals surface area (Å²) in [6.07, 6.45) is 4.26. The lowest BCUT2D eigenvalue weighted by Crippen LogP contribution is -2.49. The highest BCUT2D eigenvalue weighted by atomic mass is 35.5. The lowest BCUT2D eigenvalue weighted by Gasteiger charge is -2.43. The Morgan fingerprint density at radius 2 is 2.00 bits per heavy atom. The van der Waals surface area contributed by atoms with E-state index < -0.39 is 5.79 Å². The number of carbonyl (C=O) groups excluding carboxylic acids is 1. The number of carbonyl (C=O) groups is 1. The molecule has 3 aliphatic rings. The lowest BCUT2D eigenvalue weighted by atomic mass is 9.81. The molecule has 0 bridgehead atoms. The van der Waals surface area contributed by atoms with Crippen LogP contribution in [0.25, 0.3) is 0 Å². The van der Waals surface area contributed by atoms with Crippen molar-refractivity contribution in [3.05, 3.63) is 33.8 Å². The standard InChI is InChI=1S/C20H25Cl2NO3/c1-13-12-20(25-8-9-26-20)6-4-18(13)23-7-5-15(19(23)24)10-14-2-3-16(21)11-17(14)22/h2-3,11,13,15,18H,4-10,12H2,1H3. The van der Waals surface area contributed by atoms with Crippen molar-refractivity contribution in [2.75, 3.05) is 19.8 Å². The monoisotopic (exact) mass is 397 g/mol. The van der Waals surface area contributed by atoms with Crippen LogP contribution >= 0.6 is 23.2 Å². The van der Waals surface area contributed by atoms with E-state index in [9.17, 15) is 4.79 Å². The Morgan fingerprint density at radius 1 is 1.23 bits per heavy atom. The minimum Gasteiger partial charge on any atom is -0.348 e. The fourth-order valence-electron chi connectivity index (χ4n) is 4.84. The molecule has 0 radical (unpaired) electrons. The summed E-state index contributed by atoms with van der Waals surface area (Å²) in [5.41, 5.74) is 1.000. The van der Waals surface area contributed by atoms with Crippen molar-refractivity contribution in [2.45, 2.75) is 50.9 Å². The number of rotatable bonds is 3. The first-order valence-corrected chi connectivity index (χ1v) is 10.3. The number of benzene rings is 1. The molecular weight excluding hydrogens is 373 g/mol. The normalized spacial score (nSPS) is 31.1. The molecule has 1 aromatic carbocycles. The largest absolute Gasteiger partial charge is 0.348 e. The summed E-state index contributed by atoms with van der Waals surface area (Å²) < 4.78 is 11.7. The maximum atomic E-state index is 13.0. The van der Waals surface area contributed by atoms with Gasteiger partial charge >= 0.3 is 0 Å². The summed E-state index contributed by atoms with van der Waals surface area (Å²) in [5, 5.41) is 1.27. The van der Waals surface area contributed by atoms with E-state index in [0.29, 0.717) is 35.6 Å². The third-order valence-corrected chi connectivity index (χ3v) is 6.74. The van der Waals surface area contributed by atoms with Gasteiger partial charge in [-0.3, -0.25) is 4.79 Å². The SMILES string of the molecule is CC1CC2(CCC1N1CCC(Cc3ccc(Cl)cc3Cl)C1=O)OCCO2. The summed E-state index contributed by atoms with van der Waals surface area (Å²) >= 11 is 12.3. The van der Waals surface area contributed by atoms with E-state index in [4.69, 9.17) is 32.7 Å². The summed E-state index contributed by atoms with van der Waals surface area (Å²) in [6.45, 7) is 4.42. The second kappa shape index (κ2) is 7.31. The van der Waals surface area contributed by atoms with E-state index >= 15 is 0 Å². The zero-order valence-corrected chi connectivity index (χ0v) is 16.6. The first-order valence-electron chi connectivity index (χ1n) is 9.50. The molecule has 4 rings (SSSR count). The van der Waals surface area contributed by atoms with Gasteiger partial charge in [0.15, 0.2) is 5.79 Å². The summed E-state index contributed by atoms with van der Waals surface area (Å²) in [6, 6.07) is 5.80. The van der Waals surface area contributed by atoms with Gasteiger partial charge in [-0.25, -0.2) is 0 Å². The van der Waals surface area contributed by atoms with Gasteiger partial charge in [-0.1, -0.05) is 36.2 Å². The fourth-order valence-corrected chi connectivity index (χ4v) is 5.32. The number of amides is 1. The van der Waals surface area contributed by atoms with Crippen molar-refractivity contribution < 1.29 is 14.3 Å². The van der Waals surface area contributed by atoms with E-state index in [1.165, 1.54) is 0 Å². The molecular formula is C20H25Cl2NO3. The van der Waals surface area contributed by atoms with Crippen LogP contribution in [0.15, 0.2) is 18.2 Å². The molecule has 4 nitrogen and oxygen atoms in total. The molecule has 1 aromatic rings. The second-order valence-corrected chi connectivity index (χ2v) is 8.70. The van der Waals surface area contributed by atoms with Gasteiger partial charge in [0, 0.05) is 41.4 Å². The van der Waals surface area contributed by atoms with Crippen LogP contribution in [0, 0.1) is 11.8 Å². The molecule has 0 N–H and O–H groups in total. The highest BCUT2D eigenvalue weighted by molar-refractivity contribution is 6.35. The minimum atomic E-state index is -0.394. The topological polar surface area (TPSA) is 38.8 Å². The average Bonchev–Trinajstić information content (AvgIpc) is 3.19. The first-order chi connectivity index (χ1) is 12.5. The molecule has 1 amide bonds. The Kier molecular flexibility index (Phi) is 5.21. The van der Waals surface area contributed by atoms with Crippen LogP contribution in [0.4, 0.5) is 0 Å². The molecule has 2 heterocycles. The number of hydrogen-bond acceptors (Lipinski definition) is 3. The Balaban J connectivity index is 1.41. The van der Waals surface area contributed by atoms with E-state index in [2.05, 4.69) is 11.8 Å². The summed E-state index contributed by atoms with van der Waals surface area (Å²) in [5.74, 6) is 0.256. The Bertz CT molecular complexity index is 690. The van der Waals surface area contributed by atoms with Gasteiger partial charge < -0.3 is 14.4 Å². The maximum Gasteiger partial charge on any atom is 0.226 e. The van der Waals surface area contributed by atoms with Crippen LogP contribution in [0.3, 0.4) is 0 Å². The van der Waals surface area contributed by atoms with Crippen LogP contribution in [0.5, 0.6) is 0 Å². The van der Waals surface area contributed by atoms with E-state index in [0.717, 1.165) is 37.8 Å². The molecule has 6 heteroatoms. The highest BCUT2D eigenvalue weighted by Crippen LogP contribution is 2.42. The molecule has 1 saturated carbocycles. The molecule has 2 aliphatic heterocycles. The van der Waals surface area contributed by atoms with Crippen molar-refractivity contribution >= 4 is 29.1 Å². The van der Waals surface area contributed by atoms with Gasteiger partial charge in [-0.05, 0) is 42.9 Å². The average molecular weight is 398 g/mol. The molecule has 1 spiro atoms. The van der Waals surface area contributed by atoms with Crippen LogP contribution in [-0.2, 0) is 20.7 Å². The molecule has 3 atom stereocenters. The van der Waals surface area contributed by atoms with Crippen LogP contribution in [0.2, 0.25) is 10.0 Å². The maximum absolute atomic E-state index is 13.0. The first kappa shape index (κ1) is 18.5. The molecule has 2 saturated heterocycles. The molecule has 26 heavy (non-hydrogen) atoms. The molecule has 1 aliphatic carbocycles. The Labute approximate surface area is 164 Å². The predicted molar refractivity (Wildman–Crippen MR) is 101 cm³/mol. The molecule has 0 aromatic heterocycles. The van der Waals surface area contributed by atoms with Gasteiger partial charge in [-0.2, -0.15) is 0 Å². The summed E-state index contributed by atoms with van der Waals surface area (Å²) in [7, 11) is 0. The van der Waals surface area contributed by atoms with Crippen molar-refractivity contribution in [3.8, 4) is 0 Å². The Hall–Kier alpha value is -0.810. The van der Waals surface area contributed by atoms with E-state index in [1.54, 1.807) is 6.07 Å². The zero-order valence-electron chi connectivity index (χ0n) is 15.0. The van der Waals surface area contributed by atoms with Gasteiger partial charge in [0.05, 0.1) is 13.2 Å². The van der Waals surface area contributed by atoms with Gasteiger partial charge in [0.25, 0.3) is 0 Å². The van der Waals surface area contributed by atoms with Crippen molar-refractivity contribution in [3.63, 3.8) is 0 Å². The highest BCUT2D eigenvalue weighted by Gasteiger charge is 2.47. The number of halogens is 2. The van der Waals surface area contributed by atoms with E-state index in [-0.39, 0.29) is 17.9 Å². The van der Waals surface area contributed by atoms with Gasteiger partial charge in [0.1, 0.15) is 0 Å². The Morgan fingerprint density at radius 3 is 2.69 bits per heavy atom. The van der Waals surface area contributed by atoms with Crippen molar-refractivity contribution in [1.82, 2.24) is 4.90 Å². The van der Waals surface area contributed by atoms with Gasteiger partial charge in [-0.15, -0.1) is 0 Å². The molecule has 142 valence electrons. The molecule has 3 fully saturated rings. The minimum absolute atomic E-state index is 0.00995. The third kappa shape index (κ3) is 3.49. The van der Waals surface area contributed by atoms with Crippen LogP contribution in [-0.4, -0.2) is 42.4 Å². The van der Waals surface area contributed by atoms with E-state index in [1.807, 2.05) is 12.1 Å². The van der Waals surface area contributed by atoms with Gasteiger partial charge in [0.2, 0.25) is 5.91 Å². The number of ether oxygens (including phenoxy) is 2. The number of hydrogen-bond donors (Lipinski definition) is 0. The zero-order chi connectivity index (χ0) is 18.3. The van der Waals surface area contributed by atoms with Crippen molar-refractivity contribution in [1.29, 1.82) is 0 Å². The second-order valence-electron chi connectivity index (χ2n) is 7.85. The predicted octanol–water partition coefficient (Wildman–Crippen LogP) is 4.32. The fraction of sp³-hybridized carbons (Fsp3) is 0.650. The number of likely N-dealkylation sites (tertiary alicyclic amines) is 1. The van der Waals surface area contributed by atoms with Crippen LogP contribution in [0.1, 0.15) is 38.2 Å².